The van der Waals surface area contributed by atoms with E-state index >= 15 is 0 Å². The maximum atomic E-state index is 5.36. The van der Waals surface area contributed by atoms with Crippen LogP contribution in [0.3, 0.4) is 0 Å². The van der Waals surface area contributed by atoms with Gasteiger partial charge in [0.2, 0.25) is 0 Å². The van der Waals surface area contributed by atoms with Crippen molar-refractivity contribution in [2.24, 2.45) is 0 Å². The second kappa shape index (κ2) is 5.20. The van der Waals surface area contributed by atoms with Gasteiger partial charge < -0.3 is 4.74 Å². The molecule has 3 heteroatoms. The van der Waals surface area contributed by atoms with Gasteiger partial charge in [0.25, 0.3) is 0 Å². The van der Waals surface area contributed by atoms with E-state index in [9.17, 15) is 0 Å². The zero-order valence-corrected chi connectivity index (χ0v) is 10.6. The van der Waals surface area contributed by atoms with Crippen molar-refractivity contribution < 1.29 is 4.74 Å². The minimum atomic E-state index is 0.859. The molecule has 0 aliphatic carbocycles. The van der Waals surface area contributed by atoms with E-state index in [1.807, 2.05) is 30.3 Å². The molecule has 0 N–H and O–H groups in total. The number of hydrogen-bond acceptors (Lipinski definition) is 2. The molecule has 0 atom stereocenters. The van der Waals surface area contributed by atoms with Crippen LogP contribution in [-0.4, -0.2) is 7.11 Å². The molecule has 0 aromatic heterocycles. The lowest BCUT2D eigenvalue weighted by Gasteiger charge is -2.09. The van der Waals surface area contributed by atoms with Gasteiger partial charge in [0, 0.05) is 18.2 Å². The molecule has 2 rings (SSSR count). The van der Waals surface area contributed by atoms with Gasteiger partial charge in [-0.2, -0.15) is 0 Å². The van der Waals surface area contributed by atoms with Crippen LogP contribution >= 0.6 is 7.36 Å². The summed E-state index contributed by atoms with van der Waals surface area (Å²) in [5, 5.41) is 1.14. The molecule has 0 heterocycles. The normalized spacial score (nSPS) is 10.3. The summed E-state index contributed by atoms with van der Waals surface area (Å²) < 4.78 is 5.36. The molecule has 16 heavy (non-hydrogen) atoms. The Morgan fingerprint density at radius 1 is 0.938 bits per heavy atom. The average Bonchev–Trinajstić information content (AvgIpc) is 2.38. The number of hydrogen-bond donors (Lipinski definition) is 0. The fraction of sp³-hybridized carbons (Fsp3) is 0.0769. The number of rotatable bonds is 3. The van der Waals surface area contributed by atoms with Crippen molar-refractivity contribution in [3.63, 3.8) is 0 Å². The molecular formula is C13H11OPS. The van der Waals surface area contributed by atoms with E-state index < -0.39 is 0 Å². The maximum absolute atomic E-state index is 5.36. The van der Waals surface area contributed by atoms with E-state index in [1.54, 1.807) is 7.11 Å². The van der Waals surface area contributed by atoms with Crippen molar-refractivity contribution >= 4 is 24.5 Å². The van der Waals surface area contributed by atoms with E-state index in [4.69, 9.17) is 16.5 Å². The average molecular weight is 246 g/mol. The second-order valence-corrected chi connectivity index (χ2v) is 4.52. The molecule has 0 bridgehead atoms. The monoisotopic (exact) mass is 246 g/mol. The van der Waals surface area contributed by atoms with E-state index in [0.717, 1.165) is 29.5 Å². The molecule has 0 unspecified atom stereocenters. The van der Waals surface area contributed by atoms with E-state index in [-0.39, 0.29) is 0 Å². The molecular weight excluding hydrogens is 235 g/mol. The van der Waals surface area contributed by atoms with E-state index in [0.29, 0.717) is 0 Å². The SMILES string of the molecule is COc1ccccc1-c1ccccc1P=S. The van der Waals surface area contributed by atoms with Crippen LogP contribution in [0.4, 0.5) is 0 Å². The predicted octanol–water partition coefficient (Wildman–Crippen LogP) is 3.40. The van der Waals surface area contributed by atoms with Crippen LogP contribution in [0.1, 0.15) is 0 Å². The summed E-state index contributed by atoms with van der Waals surface area (Å²) in [6, 6.07) is 16.2. The highest BCUT2D eigenvalue weighted by Gasteiger charge is 2.07. The Bertz CT molecular complexity index is 511. The van der Waals surface area contributed by atoms with Crippen molar-refractivity contribution in [3.8, 4) is 16.9 Å². The lowest BCUT2D eigenvalue weighted by Crippen LogP contribution is -1.98. The second-order valence-electron chi connectivity index (χ2n) is 3.31. The third-order valence-corrected chi connectivity index (χ3v) is 3.58. The molecule has 1 nitrogen and oxygen atoms in total. The molecule has 80 valence electrons. The zero-order chi connectivity index (χ0) is 11.4. The summed E-state index contributed by atoms with van der Waals surface area (Å²) in [5.74, 6) is 0.883. The summed E-state index contributed by atoms with van der Waals surface area (Å²) in [6.07, 6.45) is 0. The standard InChI is InChI=1S/C13H11OPS/c1-14-12-8-4-2-6-10(12)11-7-3-5-9-13(11)15-16/h2-9H,1H3. The summed E-state index contributed by atoms with van der Waals surface area (Å²) in [7, 11) is 2.55. The van der Waals surface area contributed by atoms with Crippen molar-refractivity contribution in [2.45, 2.75) is 0 Å². The Kier molecular flexibility index (Phi) is 3.66. The maximum Gasteiger partial charge on any atom is 0.126 e. The highest BCUT2D eigenvalue weighted by molar-refractivity contribution is 7.99. The number of para-hydroxylation sites is 1. The Hall–Kier alpha value is -1.24. The van der Waals surface area contributed by atoms with Crippen LogP contribution in [0.5, 0.6) is 5.75 Å². The van der Waals surface area contributed by atoms with Gasteiger partial charge in [0.1, 0.15) is 5.75 Å². The van der Waals surface area contributed by atoms with Gasteiger partial charge in [0.05, 0.1) is 7.11 Å². The van der Waals surface area contributed by atoms with E-state index in [2.05, 4.69) is 18.2 Å². The minimum Gasteiger partial charge on any atom is -0.496 e. The molecule has 2 aromatic rings. The summed E-state index contributed by atoms with van der Waals surface area (Å²) in [6.45, 7) is 0. The Labute approximate surface area is 102 Å². The van der Waals surface area contributed by atoms with Gasteiger partial charge in [-0.05, 0) is 17.7 Å². The number of methoxy groups -OCH3 is 1. The van der Waals surface area contributed by atoms with Crippen LogP contribution in [0.25, 0.3) is 11.1 Å². The van der Waals surface area contributed by atoms with Gasteiger partial charge in [-0.15, -0.1) is 0 Å². The molecule has 0 aliphatic heterocycles. The first-order valence-electron chi connectivity index (χ1n) is 4.92. The predicted molar refractivity (Wildman–Crippen MR) is 72.3 cm³/mol. The smallest absolute Gasteiger partial charge is 0.126 e. The fourth-order valence-corrected chi connectivity index (χ4v) is 2.57. The highest BCUT2D eigenvalue weighted by Crippen LogP contribution is 2.29. The lowest BCUT2D eigenvalue weighted by atomic mass is 10.0. The van der Waals surface area contributed by atoms with Crippen LogP contribution in [-0.2, 0) is 11.8 Å². The molecule has 0 fully saturated rings. The van der Waals surface area contributed by atoms with Crippen LogP contribution in [0.2, 0.25) is 0 Å². The van der Waals surface area contributed by atoms with Crippen molar-refractivity contribution in [1.82, 2.24) is 0 Å². The van der Waals surface area contributed by atoms with Crippen molar-refractivity contribution in [1.29, 1.82) is 0 Å². The third kappa shape index (κ3) is 2.13. The third-order valence-electron chi connectivity index (χ3n) is 2.40. The number of ether oxygens (including phenoxy) is 1. The summed E-state index contributed by atoms with van der Waals surface area (Å²) in [5.41, 5.74) is 2.24. The first-order valence-corrected chi connectivity index (χ1v) is 6.83. The fourth-order valence-electron chi connectivity index (χ4n) is 1.65. The summed E-state index contributed by atoms with van der Waals surface area (Å²) in [4.78, 5) is 0. The first kappa shape index (κ1) is 11.3. The van der Waals surface area contributed by atoms with Gasteiger partial charge in [0.15, 0.2) is 0 Å². The first-order chi connectivity index (χ1) is 7.86. The van der Waals surface area contributed by atoms with Crippen LogP contribution < -0.4 is 10.0 Å². The highest BCUT2D eigenvalue weighted by atomic mass is 32.4. The molecule has 0 saturated carbocycles. The van der Waals surface area contributed by atoms with Crippen molar-refractivity contribution in [2.75, 3.05) is 7.11 Å². The quantitative estimate of drug-likeness (QED) is 0.768. The zero-order valence-electron chi connectivity index (χ0n) is 8.88. The van der Waals surface area contributed by atoms with Crippen LogP contribution in [0, 0.1) is 0 Å². The lowest BCUT2D eigenvalue weighted by molar-refractivity contribution is 0.416. The molecule has 0 spiro atoms. The number of benzene rings is 2. The molecule has 0 radical (unpaired) electrons. The topological polar surface area (TPSA) is 9.23 Å². The van der Waals surface area contributed by atoms with Gasteiger partial charge in [-0.1, -0.05) is 48.2 Å². The Morgan fingerprint density at radius 2 is 1.56 bits per heavy atom. The summed E-state index contributed by atoms with van der Waals surface area (Å²) >= 11 is 5.12. The van der Waals surface area contributed by atoms with Gasteiger partial charge in [-0.25, -0.2) is 0 Å². The van der Waals surface area contributed by atoms with Crippen LogP contribution in [0.15, 0.2) is 48.5 Å². The Balaban J connectivity index is 2.62. The van der Waals surface area contributed by atoms with Crippen molar-refractivity contribution in [3.05, 3.63) is 48.5 Å². The minimum absolute atomic E-state index is 0.859. The molecule has 0 saturated heterocycles. The molecule has 0 amide bonds. The largest absolute Gasteiger partial charge is 0.496 e. The van der Waals surface area contributed by atoms with Gasteiger partial charge in [-0.3, -0.25) is 0 Å². The van der Waals surface area contributed by atoms with Gasteiger partial charge >= 0.3 is 0 Å². The molecule has 0 aliphatic rings. The molecule has 2 aromatic carbocycles. The van der Waals surface area contributed by atoms with E-state index in [1.165, 1.54) is 0 Å². The Morgan fingerprint density at radius 3 is 2.25 bits per heavy atom.